The molecule has 15 heteroatoms. The Hall–Kier alpha value is -4.18. The third-order valence-corrected chi connectivity index (χ3v) is 10.6. The van der Waals surface area contributed by atoms with E-state index in [4.69, 9.17) is 4.42 Å². The number of nitrogens with zero attached hydrogens (tertiary/aromatic N) is 7. The van der Waals surface area contributed by atoms with E-state index in [0.29, 0.717) is 57.5 Å². The van der Waals surface area contributed by atoms with Gasteiger partial charge < -0.3 is 4.42 Å². The lowest BCUT2D eigenvalue weighted by Gasteiger charge is -2.36. The maximum Gasteiger partial charge on any atom is 0.283 e. The molecule has 0 bridgehead atoms. The molecule has 0 aliphatic carbocycles. The molecule has 0 radical (unpaired) electrons. The fourth-order valence-electron chi connectivity index (χ4n) is 6.14. The number of fused-ring (bicyclic) bond motifs is 2. The van der Waals surface area contributed by atoms with Gasteiger partial charge in [0.15, 0.2) is 0 Å². The number of aromatic nitrogens is 5. The first-order valence-electron chi connectivity index (χ1n) is 14.6. The average molecular weight is 649 g/mol. The number of anilines is 1. The average Bonchev–Trinajstić information content (AvgIpc) is 3.77. The topological polar surface area (TPSA) is 156 Å². The van der Waals surface area contributed by atoms with Gasteiger partial charge in [0.05, 0.1) is 46.4 Å². The number of benzene rings is 2. The molecule has 13 nitrogen and oxygen atoms in total. The van der Waals surface area contributed by atoms with Crippen molar-refractivity contribution in [3.63, 3.8) is 0 Å². The van der Waals surface area contributed by atoms with Crippen molar-refractivity contribution in [2.24, 2.45) is 0 Å². The molecular formula is C30H32N8O5S2. The molecule has 0 spiro atoms. The third kappa shape index (κ3) is 5.83. The lowest BCUT2D eigenvalue weighted by atomic mass is 10.0. The molecule has 234 valence electrons. The molecule has 1 atom stereocenters. The fourth-order valence-corrected chi connectivity index (χ4v) is 8.03. The molecule has 2 aromatic carbocycles. The van der Waals surface area contributed by atoms with Gasteiger partial charge in [0, 0.05) is 42.8 Å². The van der Waals surface area contributed by atoms with E-state index in [1.807, 2.05) is 0 Å². The van der Waals surface area contributed by atoms with Crippen molar-refractivity contribution >= 4 is 36.6 Å². The van der Waals surface area contributed by atoms with Crippen molar-refractivity contribution < 1.29 is 21.3 Å². The minimum atomic E-state index is -4.06. The van der Waals surface area contributed by atoms with Crippen molar-refractivity contribution in [3.05, 3.63) is 72.5 Å². The van der Waals surface area contributed by atoms with Gasteiger partial charge in [-0.1, -0.05) is 18.2 Å². The lowest BCUT2D eigenvalue weighted by molar-refractivity contribution is 0.0929. The SMILES string of the molecule is Cc1ncc(-c2cc(-c3nnc(CN4CCN5CCC[C@H]5C4)o3)c3cnn(S(=O)(=O)c4ccccc4)c3c2)cc1NS(C)(=O)=O. The van der Waals surface area contributed by atoms with Gasteiger partial charge in [-0.05, 0) is 62.2 Å². The van der Waals surface area contributed by atoms with Gasteiger partial charge >= 0.3 is 0 Å². The number of hydrogen-bond acceptors (Lipinski definition) is 11. The summed E-state index contributed by atoms with van der Waals surface area (Å²) in [5.41, 5.74) is 2.69. The van der Waals surface area contributed by atoms with Crippen molar-refractivity contribution in [2.75, 3.05) is 37.2 Å². The smallest absolute Gasteiger partial charge is 0.283 e. The van der Waals surface area contributed by atoms with Gasteiger partial charge in [-0.2, -0.15) is 17.6 Å². The third-order valence-electron chi connectivity index (χ3n) is 8.37. The molecule has 2 aliphatic rings. The summed E-state index contributed by atoms with van der Waals surface area (Å²) in [6.07, 6.45) is 6.56. The van der Waals surface area contributed by atoms with Crippen molar-refractivity contribution in [2.45, 2.75) is 37.2 Å². The predicted molar refractivity (Wildman–Crippen MR) is 168 cm³/mol. The van der Waals surface area contributed by atoms with E-state index in [0.717, 1.165) is 36.5 Å². The Morgan fingerprint density at radius 3 is 2.60 bits per heavy atom. The number of rotatable bonds is 8. The molecule has 2 saturated heterocycles. The van der Waals surface area contributed by atoms with Gasteiger partial charge in [0.2, 0.25) is 21.8 Å². The largest absolute Gasteiger partial charge is 0.419 e. The minimum absolute atomic E-state index is 0.0843. The van der Waals surface area contributed by atoms with Crippen LogP contribution >= 0.6 is 0 Å². The van der Waals surface area contributed by atoms with Crippen LogP contribution in [0.15, 0.2) is 70.2 Å². The van der Waals surface area contributed by atoms with Crippen molar-refractivity contribution in [1.82, 2.24) is 34.2 Å². The quantitative estimate of drug-likeness (QED) is 0.263. The highest BCUT2D eigenvalue weighted by atomic mass is 32.2. The van der Waals surface area contributed by atoms with Gasteiger partial charge in [-0.25, -0.2) is 8.42 Å². The summed E-state index contributed by atoms with van der Waals surface area (Å²) >= 11 is 0. The van der Waals surface area contributed by atoms with Crippen LogP contribution in [0, 0.1) is 6.92 Å². The molecule has 0 saturated carbocycles. The second-order valence-electron chi connectivity index (χ2n) is 11.6. The van der Waals surface area contributed by atoms with Crippen LogP contribution in [-0.4, -0.2) is 89.5 Å². The zero-order chi connectivity index (χ0) is 31.3. The highest BCUT2D eigenvalue weighted by Crippen LogP contribution is 2.36. The molecule has 2 fully saturated rings. The van der Waals surface area contributed by atoms with E-state index in [-0.39, 0.29) is 10.8 Å². The van der Waals surface area contributed by atoms with Crippen molar-refractivity contribution in [3.8, 4) is 22.6 Å². The number of hydrogen-bond donors (Lipinski definition) is 1. The van der Waals surface area contributed by atoms with Gasteiger partial charge in [0.1, 0.15) is 0 Å². The van der Waals surface area contributed by atoms with Crippen LogP contribution in [0.25, 0.3) is 33.5 Å². The Balaban J connectivity index is 1.32. The summed E-state index contributed by atoms with van der Waals surface area (Å²) < 4.78 is 61.2. The molecule has 5 heterocycles. The van der Waals surface area contributed by atoms with Crippen molar-refractivity contribution in [1.29, 1.82) is 0 Å². The van der Waals surface area contributed by atoms with Gasteiger partial charge in [-0.15, -0.1) is 10.2 Å². The van der Waals surface area contributed by atoms with E-state index in [1.54, 1.807) is 49.5 Å². The summed E-state index contributed by atoms with van der Waals surface area (Å²) in [5, 5.41) is 13.5. The van der Waals surface area contributed by atoms with Gasteiger partial charge in [0.25, 0.3) is 10.0 Å². The minimum Gasteiger partial charge on any atom is -0.419 e. The zero-order valence-electron chi connectivity index (χ0n) is 24.8. The molecule has 3 aromatic heterocycles. The Morgan fingerprint density at radius 1 is 0.978 bits per heavy atom. The second kappa shape index (κ2) is 11.3. The zero-order valence-corrected chi connectivity index (χ0v) is 26.4. The maximum absolute atomic E-state index is 13.7. The molecule has 45 heavy (non-hydrogen) atoms. The highest BCUT2D eigenvalue weighted by Gasteiger charge is 2.31. The predicted octanol–water partition coefficient (Wildman–Crippen LogP) is 3.35. The summed E-state index contributed by atoms with van der Waals surface area (Å²) in [6, 6.07) is 13.8. The normalized spacial score (nSPS) is 18.0. The Bertz CT molecular complexity index is 2110. The van der Waals surface area contributed by atoms with Gasteiger partial charge in [-0.3, -0.25) is 19.5 Å². The number of sulfonamides is 1. The molecule has 7 rings (SSSR count). The molecule has 5 aromatic rings. The lowest BCUT2D eigenvalue weighted by Crippen LogP contribution is -2.49. The number of piperazine rings is 1. The second-order valence-corrected chi connectivity index (χ2v) is 15.1. The summed E-state index contributed by atoms with van der Waals surface area (Å²) in [4.78, 5) is 9.34. The monoisotopic (exact) mass is 648 g/mol. The van der Waals surface area contributed by atoms with Crippen LogP contribution in [0.1, 0.15) is 24.4 Å². The Kier molecular flexibility index (Phi) is 7.43. The first-order valence-corrected chi connectivity index (χ1v) is 17.9. The molecule has 0 amide bonds. The number of aryl methyl sites for hydroxylation is 1. The summed E-state index contributed by atoms with van der Waals surface area (Å²) in [6.45, 7) is 6.26. The number of nitrogens with one attached hydrogen (secondary N) is 1. The van der Waals surface area contributed by atoms with E-state index in [1.165, 1.54) is 31.2 Å². The first-order chi connectivity index (χ1) is 21.5. The summed E-state index contributed by atoms with van der Waals surface area (Å²) in [7, 11) is -7.63. The first kappa shape index (κ1) is 29.5. The van der Waals surface area contributed by atoms with Crippen LogP contribution in [0.2, 0.25) is 0 Å². The van der Waals surface area contributed by atoms with Crippen LogP contribution in [-0.2, 0) is 26.6 Å². The van der Waals surface area contributed by atoms with Crippen LogP contribution in [0.5, 0.6) is 0 Å². The standard InChI is InChI=1S/C30H32N8O5S2/c1-20-27(35-44(2,39)40)14-22(16-31-20)21-13-25(26-17-32-38(28(26)15-21)45(41,42)24-8-4-3-5-9-24)30-34-33-29(43-30)19-36-11-12-37-10-6-7-23(37)18-36/h3-5,8-9,13-17,23,35H,6-7,10-12,18-19H2,1-2H3/t23-/m0/s1. The molecule has 1 N–H and O–H groups in total. The molecule has 2 aliphatic heterocycles. The fraction of sp³-hybridized carbons (Fsp3) is 0.333. The number of pyridine rings is 1. The van der Waals surface area contributed by atoms with E-state index in [9.17, 15) is 16.8 Å². The molecular weight excluding hydrogens is 617 g/mol. The Morgan fingerprint density at radius 2 is 1.80 bits per heavy atom. The van der Waals surface area contributed by atoms with Crippen LogP contribution in [0.3, 0.4) is 0 Å². The van der Waals surface area contributed by atoms with E-state index >= 15 is 0 Å². The maximum atomic E-state index is 13.7. The Labute approximate surface area is 261 Å². The summed E-state index contributed by atoms with van der Waals surface area (Å²) in [5.74, 6) is 0.693. The van der Waals surface area contributed by atoms with Crippen LogP contribution < -0.4 is 4.72 Å². The van der Waals surface area contributed by atoms with E-state index < -0.39 is 20.0 Å². The van der Waals surface area contributed by atoms with Crippen LogP contribution in [0.4, 0.5) is 5.69 Å². The molecule has 0 unspecified atom stereocenters. The highest BCUT2D eigenvalue weighted by molar-refractivity contribution is 7.92. The van der Waals surface area contributed by atoms with E-state index in [2.05, 4.69) is 34.8 Å².